The molecule has 0 bridgehead atoms. The summed E-state index contributed by atoms with van der Waals surface area (Å²) in [6, 6.07) is 23.4. The second-order valence-corrected chi connectivity index (χ2v) is 7.47. The Bertz CT molecular complexity index is 1100. The van der Waals surface area contributed by atoms with Crippen molar-refractivity contribution in [2.45, 2.75) is 12.8 Å². The molecule has 0 aliphatic carbocycles. The highest BCUT2D eigenvalue weighted by Crippen LogP contribution is 2.25. The van der Waals surface area contributed by atoms with E-state index in [1.807, 2.05) is 54.6 Å². The fourth-order valence-electron chi connectivity index (χ4n) is 3.72. The second-order valence-electron chi connectivity index (χ2n) is 7.47. The monoisotopic (exact) mass is 413 g/mol. The van der Waals surface area contributed by atoms with Gasteiger partial charge in [-0.15, -0.1) is 0 Å². The highest BCUT2D eigenvalue weighted by Gasteiger charge is 2.15. The van der Waals surface area contributed by atoms with Crippen LogP contribution in [0.25, 0.3) is 11.6 Å². The van der Waals surface area contributed by atoms with Crippen LogP contribution in [-0.4, -0.2) is 23.9 Å². The molecule has 0 aromatic heterocycles. The first kappa shape index (κ1) is 20.3. The molecule has 0 radical (unpaired) electrons. The molecule has 1 aliphatic rings. The Morgan fingerprint density at radius 3 is 2.32 bits per heavy atom. The lowest BCUT2D eigenvalue weighted by molar-refractivity contribution is -0.384. The van der Waals surface area contributed by atoms with E-state index in [4.69, 9.17) is 0 Å². The van der Waals surface area contributed by atoms with Gasteiger partial charge in [-0.25, -0.2) is 0 Å². The van der Waals surface area contributed by atoms with Gasteiger partial charge in [0, 0.05) is 42.2 Å². The van der Waals surface area contributed by atoms with Gasteiger partial charge in [0.25, 0.3) is 11.6 Å². The van der Waals surface area contributed by atoms with Crippen LogP contribution < -0.4 is 10.2 Å². The van der Waals surface area contributed by atoms with Crippen molar-refractivity contribution in [3.05, 3.63) is 100 Å². The molecule has 6 heteroatoms. The zero-order valence-electron chi connectivity index (χ0n) is 17.0. The van der Waals surface area contributed by atoms with Gasteiger partial charge < -0.3 is 10.2 Å². The normalized spacial score (nSPS) is 13.8. The number of nitro benzene ring substituents is 1. The third-order valence-corrected chi connectivity index (χ3v) is 5.32. The highest BCUT2D eigenvalue weighted by atomic mass is 16.6. The molecule has 1 fully saturated rings. The summed E-state index contributed by atoms with van der Waals surface area (Å²) in [5, 5.41) is 14.1. The van der Waals surface area contributed by atoms with E-state index in [1.165, 1.54) is 25.0 Å². The van der Waals surface area contributed by atoms with Gasteiger partial charge in [-0.2, -0.15) is 0 Å². The number of nitro groups is 1. The van der Waals surface area contributed by atoms with Crippen molar-refractivity contribution in [1.29, 1.82) is 0 Å². The van der Waals surface area contributed by atoms with Gasteiger partial charge in [0.2, 0.25) is 0 Å². The minimum absolute atomic E-state index is 0.0147. The first-order valence-electron chi connectivity index (χ1n) is 10.3. The molecule has 1 saturated heterocycles. The van der Waals surface area contributed by atoms with Gasteiger partial charge in [0.15, 0.2) is 0 Å². The Hall–Kier alpha value is -3.93. The van der Waals surface area contributed by atoms with Crippen molar-refractivity contribution < 1.29 is 9.72 Å². The summed E-state index contributed by atoms with van der Waals surface area (Å²) in [5.74, 6) is -0.272. The molecule has 0 unspecified atom stereocenters. The van der Waals surface area contributed by atoms with Crippen LogP contribution in [0.15, 0.2) is 78.9 Å². The molecule has 0 saturated carbocycles. The maximum Gasteiger partial charge on any atom is 0.270 e. The standard InChI is InChI=1S/C25H23N3O3/c29-25(26-21-11-13-22(14-12-21)27-15-4-5-16-27)24(20-8-2-1-3-9-20)18-19-7-6-10-23(17-19)28(30)31/h1-3,6-14,17-18H,4-5,15-16H2,(H,26,29)/b24-18+. The maximum absolute atomic E-state index is 13.2. The second kappa shape index (κ2) is 9.26. The smallest absolute Gasteiger partial charge is 0.270 e. The number of rotatable bonds is 6. The molecule has 3 aromatic rings. The molecule has 4 rings (SSSR count). The van der Waals surface area contributed by atoms with Crippen molar-refractivity contribution in [3.8, 4) is 0 Å². The number of nitrogens with one attached hydrogen (secondary N) is 1. The Morgan fingerprint density at radius 1 is 0.935 bits per heavy atom. The van der Waals surface area contributed by atoms with E-state index >= 15 is 0 Å². The Balaban J connectivity index is 1.60. The van der Waals surface area contributed by atoms with E-state index in [9.17, 15) is 14.9 Å². The van der Waals surface area contributed by atoms with Gasteiger partial charge >= 0.3 is 0 Å². The molecule has 1 aliphatic heterocycles. The fourth-order valence-corrected chi connectivity index (χ4v) is 3.72. The molecule has 156 valence electrons. The minimum Gasteiger partial charge on any atom is -0.372 e. The number of carbonyl (C=O) groups excluding carboxylic acids is 1. The highest BCUT2D eigenvalue weighted by molar-refractivity contribution is 6.29. The number of amides is 1. The van der Waals surface area contributed by atoms with Crippen LogP contribution in [0.4, 0.5) is 17.1 Å². The van der Waals surface area contributed by atoms with Crippen LogP contribution in [0, 0.1) is 10.1 Å². The zero-order chi connectivity index (χ0) is 21.6. The summed E-state index contributed by atoms with van der Waals surface area (Å²) in [7, 11) is 0. The van der Waals surface area contributed by atoms with Crippen LogP contribution in [0.5, 0.6) is 0 Å². The first-order valence-corrected chi connectivity index (χ1v) is 10.3. The molecule has 31 heavy (non-hydrogen) atoms. The van der Waals surface area contributed by atoms with Gasteiger partial charge in [0.1, 0.15) is 0 Å². The molecule has 0 atom stereocenters. The third kappa shape index (κ3) is 4.98. The number of carbonyl (C=O) groups is 1. The largest absolute Gasteiger partial charge is 0.372 e. The molecule has 3 aromatic carbocycles. The van der Waals surface area contributed by atoms with E-state index in [0.717, 1.165) is 24.3 Å². The Labute approximate surface area is 181 Å². The number of hydrogen-bond acceptors (Lipinski definition) is 4. The summed E-state index contributed by atoms with van der Waals surface area (Å²) in [6.07, 6.45) is 4.10. The SMILES string of the molecule is O=C(Nc1ccc(N2CCCC2)cc1)/C(=C/c1cccc([N+](=O)[O-])c1)c1ccccc1. The molecule has 1 heterocycles. The van der Waals surface area contributed by atoms with E-state index in [1.54, 1.807) is 18.2 Å². The number of benzene rings is 3. The van der Waals surface area contributed by atoms with Crippen LogP contribution in [0.1, 0.15) is 24.0 Å². The van der Waals surface area contributed by atoms with E-state index in [2.05, 4.69) is 10.2 Å². The lowest BCUT2D eigenvalue weighted by Gasteiger charge is -2.18. The van der Waals surface area contributed by atoms with Crippen molar-refractivity contribution >= 4 is 34.6 Å². The average molecular weight is 413 g/mol. The van der Waals surface area contributed by atoms with Gasteiger partial charge in [-0.1, -0.05) is 42.5 Å². The van der Waals surface area contributed by atoms with Gasteiger partial charge in [-0.3, -0.25) is 14.9 Å². The predicted octanol–water partition coefficient (Wildman–Crippen LogP) is 5.37. The lowest BCUT2D eigenvalue weighted by atomic mass is 10.0. The summed E-state index contributed by atoms with van der Waals surface area (Å²) in [5.41, 5.74) is 3.61. The van der Waals surface area contributed by atoms with Crippen molar-refractivity contribution in [1.82, 2.24) is 0 Å². The van der Waals surface area contributed by atoms with Crippen molar-refractivity contribution in [2.24, 2.45) is 0 Å². The van der Waals surface area contributed by atoms with Crippen LogP contribution in [0.3, 0.4) is 0 Å². The zero-order valence-corrected chi connectivity index (χ0v) is 17.0. The fraction of sp³-hybridized carbons (Fsp3) is 0.160. The average Bonchev–Trinajstić information content (AvgIpc) is 3.34. The van der Waals surface area contributed by atoms with E-state index in [0.29, 0.717) is 16.8 Å². The summed E-state index contributed by atoms with van der Waals surface area (Å²) in [4.78, 5) is 26.2. The molecule has 6 nitrogen and oxygen atoms in total. The summed E-state index contributed by atoms with van der Waals surface area (Å²) in [6.45, 7) is 2.13. The number of hydrogen-bond donors (Lipinski definition) is 1. The summed E-state index contributed by atoms with van der Waals surface area (Å²) >= 11 is 0. The lowest BCUT2D eigenvalue weighted by Crippen LogP contribution is -2.17. The molecule has 1 N–H and O–H groups in total. The Morgan fingerprint density at radius 2 is 1.65 bits per heavy atom. The molecular formula is C25H23N3O3. The topological polar surface area (TPSA) is 75.5 Å². The third-order valence-electron chi connectivity index (χ3n) is 5.32. The van der Waals surface area contributed by atoms with Gasteiger partial charge in [0.05, 0.1) is 4.92 Å². The summed E-state index contributed by atoms with van der Waals surface area (Å²) < 4.78 is 0. The number of anilines is 2. The van der Waals surface area contributed by atoms with Crippen LogP contribution in [-0.2, 0) is 4.79 Å². The first-order chi connectivity index (χ1) is 15.1. The maximum atomic E-state index is 13.2. The van der Waals surface area contributed by atoms with Crippen LogP contribution >= 0.6 is 0 Å². The van der Waals surface area contributed by atoms with Gasteiger partial charge in [-0.05, 0) is 54.3 Å². The number of nitrogens with zero attached hydrogens (tertiary/aromatic N) is 2. The van der Waals surface area contributed by atoms with E-state index in [-0.39, 0.29) is 11.6 Å². The Kier molecular flexibility index (Phi) is 6.08. The molecular weight excluding hydrogens is 390 g/mol. The minimum atomic E-state index is -0.443. The van der Waals surface area contributed by atoms with Crippen molar-refractivity contribution in [3.63, 3.8) is 0 Å². The molecule has 0 spiro atoms. The predicted molar refractivity (Wildman–Crippen MR) is 124 cm³/mol. The quantitative estimate of drug-likeness (QED) is 0.255. The van der Waals surface area contributed by atoms with Crippen LogP contribution in [0.2, 0.25) is 0 Å². The van der Waals surface area contributed by atoms with Crippen molar-refractivity contribution in [2.75, 3.05) is 23.3 Å². The van der Waals surface area contributed by atoms with E-state index < -0.39 is 4.92 Å². The molecule has 1 amide bonds. The number of non-ortho nitro benzene ring substituents is 1.